The molecular weight excluding hydrogens is 226 g/mol. The highest BCUT2D eigenvalue weighted by molar-refractivity contribution is 6.16. The molecule has 0 amide bonds. The van der Waals surface area contributed by atoms with Crippen molar-refractivity contribution in [2.45, 2.75) is 19.6 Å². The monoisotopic (exact) mass is 241 g/mol. The zero-order chi connectivity index (χ0) is 13.2. The lowest BCUT2D eigenvalue weighted by Crippen LogP contribution is -2.42. The van der Waals surface area contributed by atoms with E-state index in [0.29, 0.717) is 0 Å². The number of ether oxygens (including phenoxy) is 2. The molecule has 17 heavy (non-hydrogen) atoms. The molecule has 1 saturated heterocycles. The van der Waals surface area contributed by atoms with Crippen LogP contribution in [0.15, 0.2) is 23.6 Å². The van der Waals surface area contributed by atoms with Crippen LogP contribution in [0, 0.1) is 0 Å². The second-order valence-corrected chi connectivity index (χ2v) is 4.22. The van der Waals surface area contributed by atoms with Crippen LogP contribution in [-0.4, -0.2) is 41.8 Å². The van der Waals surface area contributed by atoms with Crippen molar-refractivity contribution in [2.24, 2.45) is 0 Å². The van der Waals surface area contributed by atoms with Crippen LogP contribution in [-0.2, 0) is 19.1 Å². The Morgan fingerprint density at radius 1 is 1.24 bits per heavy atom. The first-order valence-corrected chi connectivity index (χ1v) is 4.97. The SMILES string of the molecule is CN(C)/C=C/C(O)=C1C(=O)OC(C)(C)OC1=O. The maximum Gasteiger partial charge on any atom is 0.352 e. The molecule has 0 atom stereocenters. The number of carbonyl (C=O) groups is 2. The number of aliphatic hydroxyl groups excluding tert-OH is 1. The van der Waals surface area contributed by atoms with Crippen LogP contribution in [0.3, 0.4) is 0 Å². The molecule has 0 radical (unpaired) electrons. The van der Waals surface area contributed by atoms with Gasteiger partial charge in [-0.1, -0.05) is 0 Å². The number of rotatable bonds is 2. The van der Waals surface area contributed by atoms with Gasteiger partial charge in [-0.15, -0.1) is 0 Å². The molecule has 1 rings (SSSR count). The van der Waals surface area contributed by atoms with Gasteiger partial charge in [-0.25, -0.2) is 9.59 Å². The van der Waals surface area contributed by atoms with Crippen LogP contribution in [0.5, 0.6) is 0 Å². The fraction of sp³-hybridized carbons (Fsp3) is 0.455. The van der Waals surface area contributed by atoms with Crippen LogP contribution in [0.25, 0.3) is 0 Å². The lowest BCUT2D eigenvalue weighted by atomic mass is 10.2. The molecule has 0 aliphatic carbocycles. The third kappa shape index (κ3) is 3.24. The van der Waals surface area contributed by atoms with E-state index in [1.165, 1.54) is 26.1 Å². The predicted molar refractivity (Wildman–Crippen MR) is 58.7 cm³/mol. The summed E-state index contributed by atoms with van der Waals surface area (Å²) in [7, 11) is 3.46. The summed E-state index contributed by atoms with van der Waals surface area (Å²) in [4.78, 5) is 24.7. The van der Waals surface area contributed by atoms with Crippen molar-refractivity contribution in [2.75, 3.05) is 14.1 Å². The van der Waals surface area contributed by atoms with Crippen LogP contribution < -0.4 is 0 Å². The van der Waals surface area contributed by atoms with Gasteiger partial charge < -0.3 is 19.5 Å². The highest BCUT2D eigenvalue weighted by Crippen LogP contribution is 2.24. The fourth-order valence-corrected chi connectivity index (χ4v) is 1.16. The lowest BCUT2D eigenvalue weighted by molar-refractivity contribution is -0.222. The predicted octanol–water partition coefficient (Wildman–Crippen LogP) is 0.710. The number of aliphatic hydroxyl groups is 1. The van der Waals surface area contributed by atoms with Gasteiger partial charge in [-0.05, 0) is 6.08 Å². The standard InChI is InChI=1S/C11H15NO5/c1-11(2)16-9(14)8(10(15)17-11)7(13)5-6-12(3)4/h5-6,13H,1-4H3/b6-5+. The number of nitrogens with zero attached hydrogens (tertiary/aromatic N) is 1. The van der Waals surface area contributed by atoms with Crippen LogP contribution in [0.4, 0.5) is 0 Å². The van der Waals surface area contributed by atoms with Crippen molar-refractivity contribution >= 4 is 11.9 Å². The van der Waals surface area contributed by atoms with Gasteiger partial charge in [0.2, 0.25) is 0 Å². The minimum absolute atomic E-state index is 0.482. The summed E-state index contributed by atoms with van der Waals surface area (Å²) in [6, 6.07) is 0. The summed E-state index contributed by atoms with van der Waals surface area (Å²) >= 11 is 0. The average Bonchev–Trinajstić information content (AvgIpc) is 2.11. The Labute approximate surface area is 99.1 Å². The Morgan fingerprint density at radius 3 is 2.12 bits per heavy atom. The molecule has 0 saturated carbocycles. The first kappa shape index (κ1) is 13.1. The van der Waals surface area contributed by atoms with Gasteiger partial charge in [-0.3, -0.25) is 0 Å². The van der Waals surface area contributed by atoms with Crippen molar-refractivity contribution in [3.63, 3.8) is 0 Å². The molecule has 1 N–H and O–H groups in total. The van der Waals surface area contributed by atoms with E-state index in [4.69, 9.17) is 9.47 Å². The third-order valence-corrected chi connectivity index (χ3v) is 1.87. The summed E-state index contributed by atoms with van der Waals surface area (Å²) in [6.07, 6.45) is 2.71. The first-order chi connectivity index (χ1) is 7.73. The second kappa shape index (κ2) is 4.48. The minimum Gasteiger partial charge on any atom is -0.507 e. The van der Waals surface area contributed by atoms with E-state index in [9.17, 15) is 14.7 Å². The smallest absolute Gasteiger partial charge is 0.352 e. The quantitative estimate of drug-likeness (QED) is 0.332. The van der Waals surface area contributed by atoms with Gasteiger partial charge in [0.15, 0.2) is 5.57 Å². The molecule has 0 aromatic rings. The Balaban J connectivity index is 3.02. The molecule has 1 aliphatic rings. The fourth-order valence-electron chi connectivity index (χ4n) is 1.16. The van der Waals surface area contributed by atoms with Gasteiger partial charge in [0.05, 0.1) is 0 Å². The summed E-state index contributed by atoms with van der Waals surface area (Å²) in [5.41, 5.74) is -0.498. The van der Waals surface area contributed by atoms with Crippen molar-refractivity contribution in [1.82, 2.24) is 4.90 Å². The van der Waals surface area contributed by atoms with Gasteiger partial charge in [0, 0.05) is 34.1 Å². The third-order valence-electron chi connectivity index (χ3n) is 1.87. The summed E-state index contributed by atoms with van der Waals surface area (Å²) in [6.45, 7) is 2.87. The van der Waals surface area contributed by atoms with E-state index in [2.05, 4.69) is 0 Å². The second-order valence-electron chi connectivity index (χ2n) is 4.22. The molecule has 1 fully saturated rings. The lowest BCUT2D eigenvalue weighted by Gasteiger charge is -2.29. The number of cyclic esters (lactones) is 2. The van der Waals surface area contributed by atoms with Crippen LogP contribution in [0.2, 0.25) is 0 Å². The molecule has 0 spiro atoms. The van der Waals surface area contributed by atoms with E-state index in [0.717, 1.165) is 0 Å². The Morgan fingerprint density at radius 2 is 1.71 bits per heavy atom. The van der Waals surface area contributed by atoms with E-state index in [-0.39, 0.29) is 0 Å². The number of hydrogen-bond donors (Lipinski definition) is 1. The number of allylic oxidation sites excluding steroid dienone is 1. The van der Waals surface area contributed by atoms with Crippen molar-refractivity contribution in [3.8, 4) is 0 Å². The highest BCUT2D eigenvalue weighted by Gasteiger charge is 2.40. The molecule has 0 unspecified atom stereocenters. The van der Waals surface area contributed by atoms with Crippen molar-refractivity contribution < 1.29 is 24.2 Å². The molecule has 94 valence electrons. The zero-order valence-electron chi connectivity index (χ0n) is 10.2. The topological polar surface area (TPSA) is 76.1 Å². The van der Waals surface area contributed by atoms with E-state index < -0.39 is 29.1 Å². The molecular formula is C11H15NO5. The highest BCUT2D eigenvalue weighted by atomic mass is 16.7. The molecule has 6 nitrogen and oxygen atoms in total. The van der Waals surface area contributed by atoms with Gasteiger partial charge in [0.1, 0.15) is 5.76 Å². The van der Waals surface area contributed by atoms with Gasteiger partial charge >= 0.3 is 11.9 Å². The zero-order valence-corrected chi connectivity index (χ0v) is 10.2. The maximum absolute atomic E-state index is 11.5. The van der Waals surface area contributed by atoms with Crippen LogP contribution >= 0.6 is 0 Å². The van der Waals surface area contributed by atoms with Crippen molar-refractivity contribution in [1.29, 1.82) is 0 Å². The molecule has 0 bridgehead atoms. The van der Waals surface area contributed by atoms with E-state index in [1.807, 2.05) is 0 Å². The summed E-state index contributed by atoms with van der Waals surface area (Å²) in [5.74, 6) is -3.58. The van der Waals surface area contributed by atoms with Crippen LogP contribution in [0.1, 0.15) is 13.8 Å². The molecule has 0 aromatic heterocycles. The van der Waals surface area contributed by atoms with Gasteiger partial charge in [0.25, 0.3) is 5.79 Å². The Hall–Kier alpha value is -1.98. The minimum atomic E-state index is -1.30. The van der Waals surface area contributed by atoms with Crippen molar-refractivity contribution in [3.05, 3.63) is 23.6 Å². The molecule has 0 aromatic carbocycles. The Bertz CT molecular complexity index is 384. The Kier molecular flexibility index (Phi) is 3.45. The van der Waals surface area contributed by atoms with Gasteiger partial charge in [-0.2, -0.15) is 0 Å². The molecule has 1 aliphatic heterocycles. The normalized spacial score (nSPS) is 18.9. The molecule has 6 heteroatoms. The first-order valence-electron chi connectivity index (χ1n) is 4.97. The summed E-state index contributed by atoms with van der Waals surface area (Å²) < 4.78 is 9.67. The summed E-state index contributed by atoms with van der Waals surface area (Å²) in [5, 5.41) is 9.60. The van der Waals surface area contributed by atoms with E-state index >= 15 is 0 Å². The van der Waals surface area contributed by atoms with E-state index in [1.54, 1.807) is 19.0 Å². The number of hydrogen-bond acceptors (Lipinski definition) is 6. The number of esters is 2. The largest absolute Gasteiger partial charge is 0.507 e. The number of carbonyl (C=O) groups excluding carboxylic acids is 2. The average molecular weight is 241 g/mol. The maximum atomic E-state index is 11.5. The molecule has 1 heterocycles.